The molecule has 5 nitrogen and oxygen atoms in total. The highest BCUT2D eigenvalue weighted by atomic mass is 131. The number of imide groups is 1. The molecular weight excluding hydrogens is 341 g/mol. The molecular formula is C11H8INO4. The van der Waals surface area contributed by atoms with Gasteiger partial charge < -0.3 is 4.84 Å². The molecule has 1 aliphatic heterocycles. The van der Waals surface area contributed by atoms with Crippen LogP contribution in [0.4, 0.5) is 0 Å². The predicted octanol–water partition coefficient (Wildman–Crippen LogP) is 1.51. The number of carbonyl (C=O) groups excluding carboxylic acids is 3. The highest BCUT2D eigenvalue weighted by molar-refractivity contribution is 14.1. The quantitative estimate of drug-likeness (QED) is 0.600. The maximum absolute atomic E-state index is 11.7. The summed E-state index contributed by atoms with van der Waals surface area (Å²) in [7, 11) is 0. The molecule has 0 atom stereocenters. The molecule has 1 fully saturated rings. The number of nitrogens with zero attached hydrogens (tertiary/aromatic N) is 1. The number of hydrogen-bond acceptors (Lipinski definition) is 4. The molecule has 0 unspecified atom stereocenters. The molecule has 0 N–H and O–H groups in total. The van der Waals surface area contributed by atoms with Crippen LogP contribution in [0.2, 0.25) is 0 Å². The van der Waals surface area contributed by atoms with Crippen LogP contribution < -0.4 is 0 Å². The number of carbonyl (C=O) groups is 3. The molecule has 2 amide bonds. The van der Waals surface area contributed by atoms with Crippen LogP contribution in [0.25, 0.3) is 0 Å². The lowest BCUT2D eigenvalue weighted by Gasteiger charge is -2.12. The summed E-state index contributed by atoms with van der Waals surface area (Å²) in [4.78, 5) is 38.9. The standard InChI is InChI=1S/C11H8INO4/c12-8-3-1-2-7(6-8)11(16)17-13-9(14)4-5-10(13)15/h1-3,6H,4-5H2/i12+4. The average molecular weight is 349 g/mol. The Morgan fingerprint density at radius 3 is 2.47 bits per heavy atom. The largest absolute Gasteiger partial charge is 0.363 e. The van der Waals surface area contributed by atoms with Gasteiger partial charge in [-0.15, -0.1) is 5.06 Å². The van der Waals surface area contributed by atoms with Crippen LogP contribution in [-0.4, -0.2) is 22.8 Å². The first kappa shape index (κ1) is 12.0. The number of hydrogen-bond donors (Lipinski definition) is 0. The molecule has 1 aromatic carbocycles. The van der Waals surface area contributed by atoms with E-state index in [0.29, 0.717) is 10.6 Å². The topological polar surface area (TPSA) is 63.7 Å². The third kappa shape index (κ3) is 2.63. The second-order valence-corrected chi connectivity index (χ2v) is 4.72. The maximum atomic E-state index is 11.7. The summed E-state index contributed by atoms with van der Waals surface area (Å²) < 4.78 is 0.871. The van der Waals surface area contributed by atoms with Crippen LogP contribution in [0.1, 0.15) is 23.2 Å². The van der Waals surface area contributed by atoms with Crippen molar-refractivity contribution in [3.05, 3.63) is 33.4 Å². The number of amides is 2. The van der Waals surface area contributed by atoms with E-state index >= 15 is 0 Å². The molecule has 1 heterocycles. The summed E-state index contributed by atoms with van der Waals surface area (Å²) >= 11 is 2.06. The highest BCUT2D eigenvalue weighted by Crippen LogP contribution is 2.15. The van der Waals surface area contributed by atoms with Crippen molar-refractivity contribution in [3.8, 4) is 0 Å². The zero-order chi connectivity index (χ0) is 12.4. The first-order valence-corrected chi connectivity index (χ1v) is 5.99. The van der Waals surface area contributed by atoms with E-state index in [2.05, 4.69) is 22.6 Å². The van der Waals surface area contributed by atoms with Crippen molar-refractivity contribution >= 4 is 40.4 Å². The fourth-order valence-electron chi connectivity index (χ4n) is 1.41. The van der Waals surface area contributed by atoms with Gasteiger partial charge in [-0.05, 0) is 40.8 Å². The summed E-state index contributed by atoms with van der Waals surface area (Å²) in [6.45, 7) is 0. The number of hydroxylamine groups is 2. The van der Waals surface area contributed by atoms with Gasteiger partial charge in [0.25, 0.3) is 11.8 Å². The Hall–Kier alpha value is -1.44. The minimum atomic E-state index is -0.702. The SMILES string of the molecule is O=C(ON1C(=O)CCC1=O)c1cccc([131I])c1. The van der Waals surface area contributed by atoms with Gasteiger partial charge in [-0.2, -0.15) is 0 Å². The molecule has 17 heavy (non-hydrogen) atoms. The van der Waals surface area contributed by atoms with E-state index in [9.17, 15) is 14.4 Å². The van der Waals surface area contributed by atoms with Gasteiger partial charge in [0.05, 0.1) is 5.56 Å². The highest BCUT2D eigenvalue weighted by Gasteiger charge is 2.33. The Bertz CT molecular complexity index is 484. The molecule has 1 aromatic rings. The van der Waals surface area contributed by atoms with E-state index < -0.39 is 17.8 Å². The second-order valence-electron chi connectivity index (χ2n) is 3.47. The Labute approximate surface area is 111 Å². The average Bonchev–Trinajstić information content (AvgIpc) is 2.61. The van der Waals surface area contributed by atoms with Gasteiger partial charge in [-0.1, -0.05) is 6.07 Å². The fraction of sp³-hybridized carbons (Fsp3) is 0.182. The molecule has 6 heteroatoms. The van der Waals surface area contributed by atoms with Crippen molar-refractivity contribution in [3.63, 3.8) is 0 Å². The molecule has 2 rings (SSSR count). The van der Waals surface area contributed by atoms with Crippen LogP contribution >= 0.6 is 22.6 Å². The van der Waals surface area contributed by atoms with Crippen molar-refractivity contribution in [2.75, 3.05) is 0 Å². The Kier molecular flexibility index (Phi) is 3.41. The lowest BCUT2D eigenvalue weighted by molar-refractivity contribution is -0.172. The van der Waals surface area contributed by atoms with Gasteiger partial charge in [0.2, 0.25) is 0 Å². The zero-order valence-electron chi connectivity index (χ0n) is 8.68. The third-order valence-electron chi connectivity index (χ3n) is 2.24. The zero-order valence-corrected chi connectivity index (χ0v) is 10.8. The Morgan fingerprint density at radius 1 is 1.24 bits per heavy atom. The monoisotopic (exact) mass is 349 g/mol. The van der Waals surface area contributed by atoms with Crippen LogP contribution in [0.3, 0.4) is 0 Å². The molecule has 88 valence electrons. The minimum Gasteiger partial charge on any atom is -0.325 e. The van der Waals surface area contributed by atoms with E-state index in [1.807, 2.05) is 6.07 Å². The normalized spacial score (nSPS) is 15.2. The lowest BCUT2D eigenvalue weighted by atomic mass is 10.2. The summed E-state index contributed by atoms with van der Waals surface area (Å²) in [5.41, 5.74) is 0.310. The van der Waals surface area contributed by atoms with Crippen molar-refractivity contribution in [2.24, 2.45) is 0 Å². The van der Waals surface area contributed by atoms with E-state index in [4.69, 9.17) is 4.84 Å². The van der Waals surface area contributed by atoms with Crippen molar-refractivity contribution in [1.29, 1.82) is 0 Å². The maximum Gasteiger partial charge on any atom is 0.363 e. The predicted molar refractivity (Wildman–Crippen MR) is 65.7 cm³/mol. The fourth-order valence-corrected chi connectivity index (χ4v) is 1.95. The van der Waals surface area contributed by atoms with Gasteiger partial charge in [-0.25, -0.2) is 4.79 Å². The molecule has 0 aliphatic carbocycles. The lowest BCUT2D eigenvalue weighted by Crippen LogP contribution is -2.32. The smallest absolute Gasteiger partial charge is 0.325 e. The van der Waals surface area contributed by atoms with Gasteiger partial charge in [-0.3, -0.25) is 9.59 Å². The van der Waals surface area contributed by atoms with E-state index in [1.165, 1.54) is 0 Å². The van der Waals surface area contributed by atoms with E-state index in [-0.39, 0.29) is 12.8 Å². The number of halogens is 1. The number of rotatable bonds is 2. The van der Waals surface area contributed by atoms with E-state index in [1.54, 1.807) is 18.2 Å². The van der Waals surface area contributed by atoms with Crippen LogP contribution in [0, 0.1) is 3.57 Å². The molecule has 0 radical (unpaired) electrons. The molecule has 0 bridgehead atoms. The van der Waals surface area contributed by atoms with Crippen molar-refractivity contribution in [2.45, 2.75) is 12.8 Å². The van der Waals surface area contributed by atoms with Gasteiger partial charge in [0.1, 0.15) is 0 Å². The Balaban J connectivity index is 2.12. The van der Waals surface area contributed by atoms with E-state index in [0.717, 1.165) is 3.57 Å². The van der Waals surface area contributed by atoms with Crippen LogP contribution in [0.15, 0.2) is 24.3 Å². The summed E-state index contributed by atoms with van der Waals surface area (Å²) in [5.74, 6) is -1.66. The Morgan fingerprint density at radius 2 is 1.88 bits per heavy atom. The van der Waals surface area contributed by atoms with Gasteiger partial charge in [0, 0.05) is 16.4 Å². The van der Waals surface area contributed by atoms with Gasteiger partial charge >= 0.3 is 5.97 Å². The first-order valence-electron chi connectivity index (χ1n) is 4.91. The van der Waals surface area contributed by atoms with Crippen LogP contribution in [0.5, 0.6) is 0 Å². The summed E-state index contributed by atoms with van der Waals surface area (Å²) in [6, 6.07) is 6.71. The summed E-state index contributed by atoms with van der Waals surface area (Å²) in [5, 5.41) is 0.544. The molecule has 1 saturated heterocycles. The molecule has 0 spiro atoms. The van der Waals surface area contributed by atoms with Crippen molar-refractivity contribution in [1.82, 2.24) is 5.06 Å². The summed E-state index contributed by atoms with van der Waals surface area (Å²) in [6.07, 6.45) is 0.191. The molecule has 1 aliphatic rings. The first-order chi connectivity index (χ1) is 8.08. The third-order valence-corrected chi connectivity index (χ3v) is 2.91. The molecule has 0 saturated carbocycles. The van der Waals surface area contributed by atoms with Crippen LogP contribution in [-0.2, 0) is 14.4 Å². The number of benzene rings is 1. The van der Waals surface area contributed by atoms with Gasteiger partial charge in [0.15, 0.2) is 0 Å². The molecule has 0 aromatic heterocycles. The second kappa shape index (κ2) is 4.82. The van der Waals surface area contributed by atoms with Crippen molar-refractivity contribution < 1.29 is 19.2 Å². The minimum absolute atomic E-state index is 0.0957.